The molecule has 18 heavy (non-hydrogen) atoms. The summed E-state index contributed by atoms with van der Waals surface area (Å²) in [6.45, 7) is 7.84. The molecule has 1 fully saturated rings. The molecule has 2 unspecified atom stereocenters. The maximum Gasteiger partial charge on any atom is 0.390 e. The fourth-order valence-corrected chi connectivity index (χ4v) is 2.54. The van der Waals surface area contributed by atoms with Gasteiger partial charge in [-0.25, -0.2) is 0 Å². The van der Waals surface area contributed by atoms with Crippen LogP contribution < -0.4 is 5.32 Å². The van der Waals surface area contributed by atoms with Crippen molar-refractivity contribution < 1.29 is 13.2 Å². The quantitative estimate of drug-likeness (QED) is 0.822. The lowest BCUT2D eigenvalue weighted by molar-refractivity contribution is -0.142. The number of rotatable bonds is 5. The van der Waals surface area contributed by atoms with Crippen LogP contribution >= 0.6 is 0 Å². The molecular weight excluding hydrogens is 241 g/mol. The fourth-order valence-electron chi connectivity index (χ4n) is 2.54. The van der Waals surface area contributed by atoms with E-state index in [9.17, 15) is 13.2 Å². The van der Waals surface area contributed by atoms with Crippen LogP contribution in [0.2, 0.25) is 0 Å². The van der Waals surface area contributed by atoms with E-state index in [1.807, 2.05) is 11.8 Å². The highest BCUT2D eigenvalue weighted by atomic mass is 19.4. The highest BCUT2D eigenvalue weighted by Crippen LogP contribution is 2.27. The van der Waals surface area contributed by atoms with Crippen LogP contribution in [0.5, 0.6) is 0 Å². The van der Waals surface area contributed by atoms with Gasteiger partial charge in [0.2, 0.25) is 0 Å². The van der Waals surface area contributed by atoms with Crippen molar-refractivity contribution in [1.29, 1.82) is 0 Å². The minimum atomic E-state index is -4.06. The summed E-state index contributed by atoms with van der Waals surface area (Å²) in [5, 5.41) is 3.47. The monoisotopic (exact) mass is 266 g/mol. The average Bonchev–Trinajstić information content (AvgIpc) is 2.29. The Balaban J connectivity index is 2.61. The minimum absolute atomic E-state index is 0.121. The molecule has 0 bridgehead atoms. The van der Waals surface area contributed by atoms with Crippen molar-refractivity contribution in [1.82, 2.24) is 10.2 Å². The SMILES string of the molecule is CCCC1CN(CCC(F)(F)F)C(C)(CC)CN1. The predicted molar refractivity (Wildman–Crippen MR) is 67.6 cm³/mol. The highest BCUT2D eigenvalue weighted by molar-refractivity contribution is 4.95. The molecule has 0 spiro atoms. The maximum absolute atomic E-state index is 12.4. The Morgan fingerprint density at radius 2 is 2.00 bits per heavy atom. The van der Waals surface area contributed by atoms with Gasteiger partial charge in [0, 0.05) is 31.2 Å². The van der Waals surface area contributed by atoms with Gasteiger partial charge >= 0.3 is 6.18 Å². The van der Waals surface area contributed by atoms with Crippen LogP contribution in [0, 0.1) is 0 Å². The highest BCUT2D eigenvalue weighted by Gasteiger charge is 2.38. The van der Waals surface area contributed by atoms with Crippen molar-refractivity contribution in [3.05, 3.63) is 0 Å². The zero-order chi connectivity index (χ0) is 13.8. The molecule has 1 aliphatic heterocycles. The molecular formula is C13H25F3N2. The Kier molecular flexibility index (Phi) is 5.46. The molecule has 0 aromatic heterocycles. The van der Waals surface area contributed by atoms with E-state index in [-0.39, 0.29) is 12.1 Å². The van der Waals surface area contributed by atoms with Gasteiger partial charge < -0.3 is 5.32 Å². The molecule has 1 N–H and O–H groups in total. The first-order valence-corrected chi connectivity index (χ1v) is 6.86. The van der Waals surface area contributed by atoms with E-state index >= 15 is 0 Å². The number of hydrogen-bond acceptors (Lipinski definition) is 2. The number of nitrogens with one attached hydrogen (secondary N) is 1. The van der Waals surface area contributed by atoms with Gasteiger partial charge in [0.15, 0.2) is 0 Å². The Bertz CT molecular complexity index is 255. The topological polar surface area (TPSA) is 15.3 Å². The number of nitrogens with zero attached hydrogens (tertiary/aromatic N) is 1. The van der Waals surface area contributed by atoms with Crippen LogP contribution in [0.25, 0.3) is 0 Å². The smallest absolute Gasteiger partial charge is 0.311 e. The number of alkyl halides is 3. The van der Waals surface area contributed by atoms with Crippen molar-refractivity contribution >= 4 is 0 Å². The standard InChI is InChI=1S/C13H25F3N2/c1-4-6-11-9-18(8-7-13(14,15)16)12(3,5-2)10-17-11/h11,17H,4-10H2,1-3H3. The summed E-state index contributed by atoms with van der Waals surface area (Å²) >= 11 is 0. The van der Waals surface area contributed by atoms with Crippen molar-refractivity contribution in [2.75, 3.05) is 19.6 Å². The zero-order valence-electron chi connectivity index (χ0n) is 11.6. The summed E-state index contributed by atoms with van der Waals surface area (Å²) in [6, 6.07) is 0.336. The first-order valence-electron chi connectivity index (χ1n) is 6.86. The van der Waals surface area contributed by atoms with Crippen molar-refractivity contribution in [2.24, 2.45) is 0 Å². The van der Waals surface area contributed by atoms with Crippen LogP contribution in [-0.2, 0) is 0 Å². The van der Waals surface area contributed by atoms with E-state index in [2.05, 4.69) is 19.2 Å². The lowest BCUT2D eigenvalue weighted by Gasteiger charge is -2.48. The Morgan fingerprint density at radius 1 is 1.33 bits per heavy atom. The van der Waals surface area contributed by atoms with Crippen LogP contribution in [0.15, 0.2) is 0 Å². The van der Waals surface area contributed by atoms with Gasteiger partial charge in [-0.1, -0.05) is 20.3 Å². The summed E-state index contributed by atoms with van der Waals surface area (Å²) in [5.74, 6) is 0. The summed E-state index contributed by atoms with van der Waals surface area (Å²) in [7, 11) is 0. The van der Waals surface area contributed by atoms with Crippen molar-refractivity contribution in [3.8, 4) is 0 Å². The van der Waals surface area contributed by atoms with E-state index in [1.165, 1.54) is 0 Å². The second kappa shape index (κ2) is 6.24. The predicted octanol–water partition coefficient (Wildman–Crippen LogP) is 3.18. The van der Waals surface area contributed by atoms with Gasteiger partial charge in [-0.2, -0.15) is 13.2 Å². The van der Waals surface area contributed by atoms with Gasteiger partial charge in [-0.3, -0.25) is 4.90 Å². The number of hydrogen-bond donors (Lipinski definition) is 1. The average molecular weight is 266 g/mol. The molecule has 0 radical (unpaired) electrons. The summed E-state index contributed by atoms with van der Waals surface area (Å²) in [6.07, 6.45) is -1.80. The Morgan fingerprint density at radius 3 is 2.50 bits per heavy atom. The lowest BCUT2D eigenvalue weighted by Crippen LogP contribution is -2.63. The third-order valence-corrected chi connectivity index (χ3v) is 4.04. The molecule has 5 heteroatoms. The van der Waals surface area contributed by atoms with E-state index < -0.39 is 12.6 Å². The molecule has 2 atom stereocenters. The third-order valence-electron chi connectivity index (χ3n) is 4.04. The molecule has 0 saturated carbocycles. The van der Waals surface area contributed by atoms with Gasteiger partial charge in [0.05, 0.1) is 6.42 Å². The maximum atomic E-state index is 12.4. The second-order valence-electron chi connectivity index (χ2n) is 5.53. The molecule has 1 heterocycles. The first-order chi connectivity index (χ1) is 8.30. The Hall–Kier alpha value is -0.290. The largest absolute Gasteiger partial charge is 0.390 e. The summed E-state index contributed by atoms with van der Waals surface area (Å²) < 4.78 is 37.1. The zero-order valence-corrected chi connectivity index (χ0v) is 11.6. The van der Waals surface area contributed by atoms with Crippen LogP contribution in [-0.4, -0.2) is 42.3 Å². The second-order valence-corrected chi connectivity index (χ2v) is 5.53. The molecule has 0 aromatic rings. The minimum Gasteiger partial charge on any atom is -0.311 e. The number of piperazine rings is 1. The first kappa shape index (κ1) is 15.8. The normalized spacial score (nSPS) is 30.7. The molecule has 0 aromatic carbocycles. The van der Waals surface area contributed by atoms with Crippen molar-refractivity contribution in [2.45, 2.75) is 64.2 Å². The fraction of sp³-hybridized carbons (Fsp3) is 1.00. The van der Waals surface area contributed by atoms with Gasteiger partial charge in [0.1, 0.15) is 0 Å². The third kappa shape index (κ3) is 4.43. The van der Waals surface area contributed by atoms with Crippen LogP contribution in [0.1, 0.15) is 46.5 Å². The number of halogens is 3. The summed E-state index contributed by atoms with van der Waals surface area (Å²) in [4.78, 5) is 2.03. The molecule has 1 saturated heterocycles. The van der Waals surface area contributed by atoms with Gasteiger partial charge in [-0.05, 0) is 19.8 Å². The summed E-state index contributed by atoms with van der Waals surface area (Å²) in [5.41, 5.74) is -0.143. The van der Waals surface area contributed by atoms with Gasteiger partial charge in [-0.15, -0.1) is 0 Å². The lowest BCUT2D eigenvalue weighted by atomic mass is 9.91. The van der Waals surface area contributed by atoms with Gasteiger partial charge in [0.25, 0.3) is 0 Å². The van der Waals surface area contributed by atoms with E-state index in [4.69, 9.17) is 0 Å². The molecule has 1 rings (SSSR count). The van der Waals surface area contributed by atoms with E-state index in [0.717, 1.165) is 32.4 Å². The molecule has 0 aliphatic carbocycles. The molecule has 1 aliphatic rings. The Labute approximate surface area is 108 Å². The molecule has 108 valence electrons. The van der Waals surface area contributed by atoms with Crippen LogP contribution in [0.3, 0.4) is 0 Å². The molecule has 0 amide bonds. The van der Waals surface area contributed by atoms with Crippen molar-refractivity contribution in [3.63, 3.8) is 0 Å². The van der Waals surface area contributed by atoms with E-state index in [1.54, 1.807) is 0 Å². The molecule has 2 nitrogen and oxygen atoms in total. The van der Waals surface area contributed by atoms with E-state index in [0.29, 0.717) is 6.04 Å². The van der Waals surface area contributed by atoms with Crippen LogP contribution in [0.4, 0.5) is 13.2 Å².